The van der Waals surface area contributed by atoms with Crippen LogP contribution in [0.1, 0.15) is 29.8 Å². The van der Waals surface area contributed by atoms with Gasteiger partial charge in [-0.3, -0.25) is 4.79 Å². The number of nitrogens with one attached hydrogen (secondary N) is 1. The molecule has 1 N–H and O–H groups in total. The molecule has 1 aliphatic carbocycles. The molecule has 1 aliphatic rings. The van der Waals surface area contributed by atoms with Crippen LogP contribution >= 0.6 is 15.9 Å². The Bertz CT molecular complexity index is 414. The fraction of sp³-hybridized carbons (Fsp3) is 0.385. The highest BCUT2D eigenvalue weighted by Crippen LogP contribution is 2.17. The Balaban J connectivity index is 1.84. The van der Waals surface area contributed by atoms with Crippen molar-refractivity contribution in [2.75, 3.05) is 6.54 Å². The SMILES string of the molecule is O=C(NCC1CC=CCC1)c1ccc(Br)cn1. The van der Waals surface area contributed by atoms with Crippen molar-refractivity contribution in [2.24, 2.45) is 5.92 Å². The smallest absolute Gasteiger partial charge is 0.269 e. The van der Waals surface area contributed by atoms with E-state index in [9.17, 15) is 4.79 Å². The molecule has 3 nitrogen and oxygen atoms in total. The highest BCUT2D eigenvalue weighted by Gasteiger charge is 2.12. The van der Waals surface area contributed by atoms with Gasteiger partial charge in [0.1, 0.15) is 5.69 Å². The first-order chi connectivity index (χ1) is 8.25. The van der Waals surface area contributed by atoms with Crippen LogP contribution in [-0.4, -0.2) is 17.4 Å². The molecule has 17 heavy (non-hydrogen) atoms. The minimum atomic E-state index is -0.0907. The fourth-order valence-electron chi connectivity index (χ4n) is 1.88. The second kappa shape index (κ2) is 5.96. The lowest BCUT2D eigenvalue weighted by molar-refractivity contribution is 0.0941. The molecule has 4 heteroatoms. The Morgan fingerprint density at radius 2 is 2.35 bits per heavy atom. The summed E-state index contributed by atoms with van der Waals surface area (Å²) < 4.78 is 0.881. The van der Waals surface area contributed by atoms with Crippen LogP contribution in [0.25, 0.3) is 0 Å². The zero-order valence-electron chi connectivity index (χ0n) is 9.53. The van der Waals surface area contributed by atoms with E-state index in [2.05, 4.69) is 38.4 Å². The van der Waals surface area contributed by atoms with Gasteiger partial charge in [0.05, 0.1) is 0 Å². The quantitative estimate of drug-likeness (QED) is 0.871. The van der Waals surface area contributed by atoms with E-state index >= 15 is 0 Å². The van der Waals surface area contributed by atoms with Gasteiger partial charge < -0.3 is 5.32 Å². The molecule has 1 heterocycles. The predicted molar refractivity (Wildman–Crippen MR) is 70.8 cm³/mol. The number of carbonyl (C=O) groups is 1. The van der Waals surface area contributed by atoms with Crippen LogP contribution in [0.4, 0.5) is 0 Å². The standard InChI is InChI=1S/C13H15BrN2O/c14-11-6-7-12(15-9-11)13(17)16-8-10-4-2-1-3-5-10/h1-2,6-7,9-10H,3-5,8H2,(H,16,17). The number of halogens is 1. The van der Waals surface area contributed by atoms with E-state index in [1.165, 1.54) is 0 Å². The first kappa shape index (κ1) is 12.3. The van der Waals surface area contributed by atoms with Crippen molar-refractivity contribution in [3.63, 3.8) is 0 Å². The average Bonchev–Trinajstić information content (AvgIpc) is 2.38. The van der Waals surface area contributed by atoms with Gasteiger partial charge in [0, 0.05) is 17.2 Å². The Kier molecular flexibility index (Phi) is 4.31. The van der Waals surface area contributed by atoms with Crippen LogP contribution in [0.3, 0.4) is 0 Å². The average molecular weight is 295 g/mol. The second-order valence-electron chi connectivity index (χ2n) is 4.22. The lowest BCUT2D eigenvalue weighted by Crippen LogP contribution is -2.30. The van der Waals surface area contributed by atoms with Crippen molar-refractivity contribution >= 4 is 21.8 Å². The molecule has 90 valence electrons. The molecule has 1 atom stereocenters. The maximum Gasteiger partial charge on any atom is 0.269 e. The van der Waals surface area contributed by atoms with Crippen LogP contribution in [0, 0.1) is 5.92 Å². The summed E-state index contributed by atoms with van der Waals surface area (Å²) in [6.07, 6.45) is 9.38. The normalized spacial score (nSPS) is 19.0. The summed E-state index contributed by atoms with van der Waals surface area (Å²) in [6, 6.07) is 3.55. The summed E-state index contributed by atoms with van der Waals surface area (Å²) in [4.78, 5) is 15.9. The van der Waals surface area contributed by atoms with Gasteiger partial charge in [-0.1, -0.05) is 12.2 Å². The van der Waals surface area contributed by atoms with Gasteiger partial charge in [0.15, 0.2) is 0 Å². The molecule has 0 aliphatic heterocycles. The summed E-state index contributed by atoms with van der Waals surface area (Å²) in [6.45, 7) is 0.737. The maximum absolute atomic E-state index is 11.8. The van der Waals surface area contributed by atoms with Gasteiger partial charge in [0.25, 0.3) is 5.91 Å². The maximum atomic E-state index is 11.8. The molecule has 1 unspecified atom stereocenters. The number of nitrogens with zero attached hydrogens (tertiary/aromatic N) is 1. The van der Waals surface area contributed by atoms with E-state index < -0.39 is 0 Å². The van der Waals surface area contributed by atoms with Crippen molar-refractivity contribution in [1.82, 2.24) is 10.3 Å². The third-order valence-electron chi connectivity index (χ3n) is 2.89. The van der Waals surface area contributed by atoms with Gasteiger partial charge in [-0.15, -0.1) is 0 Å². The molecule has 1 aromatic heterocycles. The zero-order valence-corrected chi connectivity index (χ0v) is 11.1. The summed E-state index contributed by atoms with van der Waals surface area (Å²) in [5, 5.41) is 2.94. The number of aromatic nitrogens is 1. The summed E-state index contributed by atoms with van der Waals surface area (Å²) >= 11 is 3.29. The Hall–Kier alpha value is -1.16. The predicted octanol–water partition coefficient (Wildman–Crippen LogP) is 2.93. The number of rotatable bonds is 3. The van der Waals surface area contributed by atoms with Crippen molar-refractivity contribution in [3.8, 4) is 0 Å². The third-order valence-corrected chi connectivity index (χ3v) is 3.36. The number of amides is 1. The molecule has 1 amide bonds. The highest BCUT2D eigenvalue weighted by atomic mass is 79.9. The Morgan fingerprint density at radius 3 is 3.00 bits per heavy atom. The number of allylic oxidation sites excluding steroid dienone is 2. The van der Waals surface area contributed by atoms with Crippen LogP contribution < -0.4 is 5.32 Å². The molecule has 0 bridgehead atoms. The zero-order chi connectivity index (χ0) is 12.1. The minimum Gasteiger partial charge on any atom is -0.350 e. The van der Waals surface area contributed by atoms with E-state index in [0.717, 1.165) is 30.3 Å². The number of carbonyl (C=O) groups excluding carboxylic acids is 1. The van der Waals surface area contributed by atoms with Crippen molar-refractivity contribution in [3.05, 3.63) is 40.6 Å². The second-order valence-corrected chi connectivity index (χ2v) is 5.14. The van der Waals surface area contributed by atoms with Gasteiger partial charge in [0.2, 0.25) is 0 Å². The lowest BCUT2D eigenvalue weighted by Gasteiger charge is -2.17. The lowest BCUT2D eigenvalue weighted by atomic mass is 9.94. The summed E-state index contributed by atoms with van der Waals surface area (Å²) in [5.41, 5.74) is 0.472. The van der Waals surface area contributed by atoms with E-state index in [1.807, 2.05) is 6.07 Å². The van der Waals surface area contributed by atoms with Gasteiger partial charge >= 0.3 is 0 Å². The van der Waals surface area contributed by atoms with E-state index in [0.29, 0.717) is 11.6 Å². The summed E-state index contributed by atoms with van der Waals surface area (Å²) in [7, 11) is 0. The number of hydrogen-bond donors (Lipinski definition) is 1. The summed E-state index contributed by atoms with van der Waals surface area (Å²) in [5.74, 6) is 0.478. The number of pyridine rings is 1. The van der Waals surface area contributed by atoms with Crippen molar-refractivity contribution < 1.29 is 4.79 Å². The topological polar surface area (TPSA) is 42.0 Å². The molecule has 0 saturated carbocycles. The molecule has 1 aromatic rings. The van der Waals surface area contributed by atoms with Gasteiger partial charge in [-0.25, -0.2) is 4.98 Å². The molecular formula is C13H15BrN2O. The first-order valence-electron chi connectivity index (χ1n) is 5.80. The monoisotopic (exact) mass is 294 g/mol. The van der Waals surface area contributed by atoms with Crippen LogP contribution in [-0.2, 0) is 0 Å². The molecule has 0 spiro atoms. The molecular weight excluding hydrogens is 280 g/mol. The van der Waals surface area contributed by atoms with Crippen molar-refractivity contribution in [2.45, 2.75) is 19.3 Å². The number of hydrogen-bond acceptors (Lipinski definition) is 2. The van der Waals surface area contributed by atoms with Crippen LogP contribution in [0.15, 0.2) is 35.0 Å². The molecule has 0 radical (unpaired) electrons. The molecule has 0 aromatic carbocycles. The van der Waals surface area contributed by atoms with Gasteiger partial charge in [-0.05, 0) is 53.2 Å². The molecule has 2 rings (SSSR count). The third kappa shape index (κ3) is 3.66. The van der Waals surface area contributed by atoms with Gasteiger partial charge in [-0.2, -0.15) is 0 Å². The van der Waals surface area contributed by atoms with Crippen LogP contribution in [0.5, 0.6) is 0 Å². The Morgan fingerprint density at radius 1 is 1.47 bits per heavy atom. The highest BCUT2D eigenvalue weighted by molar-refractivity contribution is 9.10. The Labute approximate surface area is 109 Å². The molecule has 0 saturated heterocycles. The minimum absolute atomic E-state index is 0.0907. The largest absolute Gasteiger partial charge is 0.350 e. The van der Waals surface area contributed by atoms with E-state index in [-0.39, 0.29) is 5.91 Å². The molecule has 0 fully saturated rings. The van der Waals surface area contributed by atoms with E-state index in [4.69, 9.17) is 0 Å². The first-order valence-corrected chi connectivity index (χ1v) is 6.60. The fourth-order valence-corrected chi connectivity index (χ4v) is 2.11. The van der Waals surface area contributed by atoms with Crippen molar-refractivity contribution in [1.29, 1.82) is 0 Å². The van der Waals surface area contributed by atoms with Crippen LogP contribution in [0.2, 0.25) is 0 Å². The van der Waals surface area contributed by atoms with E-state index in [1.54, 1.807) is 12.3 Å².